The second kappa shape index (κ2) is 9.67. The molecule has 7 heteroatoms. The number of benzene rings is 3. The highest BCUT2D eigenvalue weighted by molar-refractivity contribution is 7.92. The summed E-state index contributed by atoms with van der Waals surface area (Å²) >= 11 is 0. The number of hydrazone groups is 1. The Bertz CT molecular complexity index is 1150. The monoisotopic (exact) mass is 419 g/mol. The van der Waals surface area contributed by atoms with Gasteiger partial charge in [-0.1, -0.05) is 54.1 Å². The summed E-state index contributed by atoms with van der Waals surface area (Å²) < 4.78 is 27.3. The zero-order valence-electron chi connectivity index (χ0n) is 16.3. The zero-order chi connectivity index (χ0) is 21.4. The Labute approximate surface area is 176 Å². The van der Waals surface area contributed by atoms with Crippen LogP contribution in [0.2, 0.25) is 0 Å². The normalized spacial score (nSPS) is 11.6. The molecule has 3 aromatic rings. The van der Waals surface area contributed by atoms with Crippen molar-refractivity contribution < 1.29 is 13.2 Å². The second-order valence-electron chi connectivity index (χ2n) is 6.48. The maximum absolute atomic E-state index is 12.4. The summed E-state index contributed by atoms with van der Waals surface area (Å²) in [6, 6.07) is 22.4. The largest absolute Gasteiger partial charge is 0.280 e. The van der Waals surface area contributed by atoms with Gasteiger partial charge in [0.05, 0.1) is 4.90 Å². The van der Waals surface area contributed by atoms with Crippen molar-refractivity contribution in [1.29, 1.82) is 0 Å². The number of anilines is 1. The van der Waals surface area contributed by atoms with Crippen LogP contribution in [0.25, 0.3) is 6.08 Å². The van der Waals surface area contributed by atoms with Gasteiger partial charge in [-0.05, 0) is 55.0 Å². The molecule has 3 aromatic carbocycles. The Kier molecular flexibility index (Phi) is 6.77. The van der Waals surface area contributed by atoms with Gasteiger partial charge in [0, 0.05) is 17.5 Å². The second-order valence-corrected chi connectivity index (χ2v) is 8.17. The summed E-state index contributed by atoms with van der Waals surface area (Å²) in [5, 5.41) is 3.87. The van der Waals surface area contributed by atoms with Gasteiger partial charge in [-0.3, -0.25) is 9.52 Å². The first-order valence-electron chi connectivity index (χ1n) is 9.19. The lowest BCUT2D eigenvalue weighted by molar-refractivity contribution is 0.0955. The van der Waals surface area contributed by atoms with Crippen LogP contribution in [0.4, 0.5) is 5.69 Å². The van der Waals surface area contributed by atoms with Gasteiger partial charge in [0.1, 0.15) is 0 Å². The fraction of sp³-hybridized carbons (Fsp3) is 0.0435. The lowest BCUT2D eigenvalue weighted by atomic mass is 10.2. The summed E-state index contributed by atoms with van der Waals surface area (Å²) in [7, 11) is -3.69. The van der Waals surface area contributed by atoms with E-state index in [1.165, 1.54) is 30.5 Å². The summed E-state index contributed by atoms with van der Waals surface area (Å²) in [4.78, 5) is 12.3. The van der Waals surface area contributed by atoms with Gasteiger partial charge in [-0.15, -0.1) is 0 Å². The van der Waals surface area contributed by atoms with E-state index in [0.29, 0.717) is 11.3 Å². The number of carbonyl (C=O) groups is 1. The maximum Gasteiger partial charge on any atom is 0.271 e. The molecule has 0 aliphatic heterocycles. The molecule has 0 heterocycles. The number of hydrogen-bond acceptors (Lipinski definition) is 4. The van der Waals surface area contributed by atoms with Crippen molar-refractivity contribution in [3.8, 4) is 0 Å². The molecule has 0 saturated carbocycles. The molecule has 3 rings (SSSR count). The minimum atomic E-state index is -3.69. The highest BCUT2D eigenvalue weighted by atomic mass is 32.2. The molecule has 6 nitrogen and oxygen atoms in total. The molecule has 152 valence electrons. The van der Waals surface area contributed by atoms with E-state index in [1.807, 2.05) is 43.3 Å². The van der Waals surface area contributed by atoms with Crippen LogP contribution in [0, 0.1) is 6.92 Å². The van der Waals surface area contributed by atoms with Crippen molar-refractivity contribution >= 4 is 33.9 Å². The Morgan fingerprint density at radius 3 is 2.23 bits per heavy atom. The van der Waals surface area contributed by atoms with Crippen LogP contribution in [0.5, 0.6) is 0 Å². The predicted octanol–water partition coefficient (Wildman–Crippen LogP) is 4.22. The molecule has 0 unspecified atom stereocenters. The summed E-state index contributed by atoms with van der Waals surface area (Å²) in [6.45, 7) is 1.89. The average molecular weight is 420 g/mol. The third-order valence-electron chi connectivity index (χ3n) is 4.15. The molecule has 0 spiro atoms. The first kappa shape index (κ1) is 21.0. The van der Waals surface area contributed by atoms with E-state index >= 15 is 0 Å². The van der Waals surface area contributed by atoms with Crippen molar-refractivity contribution in [1.82, 2.24) is 5.43 Å². The van der Waals surface area contributed by atoms with Crippen LogP contribution in [0.1, 0.15) is 21.5 Å². The number of hydrogen-bond donors (Lipinski definition) is 2. The molecule has 0 aliphatic carbocycles. The van der Waals surface area contributed by atoms with E-state index in [4.69, 9.17) is 0 Å². The molecule has 0 aliphatic rings. The molecule has 0 radical (unpaired) electrons. The number of allylic oxidation sites excluding steroid dienone is 1. The Morgan fingerprint density at radius 2 is 1.57 bits per heavy atom. The number of amides is 1. The molecule has 2 N–H and O–H groups in total. The lowest BCUT2D eigenvalue weighted by Gasteiger charge is -2.09. The van der Waals surface area contributed by atoms with Gasteiger partial charge < -0.3 is 0 Å². The minimum absolute atomic E-state index is 0.174. The fourth-order valence-electron chi connectivity index (χ4n) is 2.54. The molecule has 0 atom stereocenters. The Hall–Kier alpha value is -3.71. The fourth-order valence-corrected chi connectivity index (χ4v) is 3.60. The number of sulfonamides is 1. The van der Waals surface area contributed by atoms with E-state index < -0.39 is 15.9 Å². The molecule has 30 heavy (non-hydrogen) atoms. The zero-order valence-corrected chi connectivity index (χ0v) is 17.1. The molecular formula is C23H21N3O3S. The van der Waals surface area contributed by atoms with E-state index in [9.17, 15) is 13.2 Å². The van der Waals surface area contributed by atoms with Gasteiger partial charge in [0.2, 0.25) is 0 Å². The van der Waals surface area contributed by atoms with Crippen molar-refractivity contribution in [2.45, 2.75) is 11.8 Å². The van der Waals surface area contributed by atoms with Gasteiger partial charge in [-0.25, -0.2) is 13.8 Å². The van der Waals surface area contributed by atoms with Crippen molar-refractivity contribution in [3.63, 3.8) is 0 Å². The third kappa shape index (κ3) is 5.89. The smallest absolute Gasteiger partial charge is 0.271 e. The minimum Gasteiger partial charge on any atom is -0.280 e. The predicted molar refractivity (Wildman–Crippen MR) is 120 cm³/mol. The Morgan fingerprint density at radius 1 is 0.900 bits per heavy atom. The van der Waals surface area contributed by atoms with Crippen molar-refractivity contribution in [2.75, 3.05) is 4.72 Å². The topological polar surface area (TPSA) is 87.6 Å². The van der Waals surface area contributed by atoms with Crippen LogP contribution >= 0.6 is 0 Å². The number of carbonyl (C=O) groups excluding carboxylic acids is 1. The summed E-state index contributed by atoms with van der Waals surface area (Å²) in [6.07, 6.45) is 5.07. The number of rotatable bonds is 7. The highest BCUT2D eigenvalue weighted by Gasteiger charge is 2.14. The quantitative estimate of drug-likeness (QED) is 0.444. The number of nitrogens with zero attached hydrogens (tertiary/aromatic N) is 1. The van der Waals surface area contributed by atoms with Gasteiger partial charge >= 0.3 is 0 Å². The first-order chi connectivity index (χ1) is 14.4. The van der Waals surface area contributed by atoms with E-state index in [-0.39, 0.29) is 4.90 Å². The lowest BCUT2D eigenvalue weighted by Crippen LogP contribution is -2.17. The van der Waals surface area contributed by atoms with Gasteiger partial charge in [-0.2, -0.15) is 5.10 Å². The van der Waals surface area contributed by atoms with Crippen LogP contribution in [0.15, 0.2) is 94.9 Å². The van der Waals surface area contributed by atoms with E-state index in [2.05, 4.69) is 15.2 Å². The van der Waals surface area contributed by atoms with Crippen LogP contribution in [0.3, 0.4) is 0 Å². The van der Waals surface area contributed by atoms with E-state index in [1.54, 1.807) is 30.3 Å². The number of nitrogens with one attached hydrogen (secondary N) is 2. The van der Waals surface area contributed by atoms with Gasteiger partial charge in [0.25, 0.3) is 15.9 Å². The highest BCUT2D eigenvalue weighted by Crippen LogP contribution is 2.17. The molecule has 0 aromatic heterocycles. The molecular weight excluding hydrogens is 398 g/mol. The molecule has 1 amide bonds. The third-order valence-corrected chi connectivity index (χ3v) is 5.54. The maximum atomic E-state index is 12.4. The van der Waals surface area contributed by atoms with Gasteiger partial charge in [0.15, 0.2) is 0 Å². The molecule has 0 saturated heterocycles. The van der Waals surface area contributed by atoms with E-state index in [0.717, 1.165) is 11.1 Å². The van der Waals surface area contributed by atoms with Crippen molar-refractivity contribution in [3.05, 3.63) is 102 Å². The Balaban J connectivity index is 1.57. The first-order valence-corrected chi connectivity index (χ1v) is 10.7. The standard InChI is InChI=1S/C23H21N3O3S/c1-18-9-15-22(16-10-18)30(28,29)26-21-13-11-20(12-14-21)23(27)25-24-17-5-8-19-6-3-2-4-7-19/h2-17,26H,1H3,(H,25,27)/b8-5+,24-17-. The summed E-state index contributed by atoms with van der Waals surface area (Å²) in [5.74, 6) is -0.396. The van der Waals surface area contributed by atoms with Crippen LogP contribution in [-0.4, -0.2) is 20.5 Å². The summed E-state index contributed by atoms with van der Waals surface area (Å²) in [5.41, 5.74) is 5.15. The van der Waals surface area contributed by atoms with Crippen LogP contribution in [-0.2, 0) is 10.0 Å². The molecule has 0 fully saturated rings. The van der Waals surface area contributed by atoms with Crippen molar-refractivity contribution in [2.24, 2.45) is 5.10 Å². The SMILES string of the molecule is Cc1ccc(S(=O)(=O)Nc2ccc(C(=O)N/N=C\C=C\c3ccccc3)cc2)cc1. The average Bonchev–Trinajstić information content (AvgIpc) is 2.74. The number of aryl methyl sites for hydroxylation is 1. The van der Waals surface area contributed by atoms with Crippen LogP contribution < -0.4 is 10.1 Å². The molecule has 0 bridgehead atoms.